The third-order valence-electron chi connectivity index (χ3n) is 4.34. The molecule has 158 valence electrons. The van der Waals surface area contributed by atoms with Crippen molar-refractivity contribution in [3.63, 3.8) is 0 Å². The number of halogens is 1. The fourth-order valence-electron chi connectivity index (χ4n) is 2.72. The highest BCUT2D eigenvalue weighted by molar-refractivity contribution is 6.35. The standard InChI is InChI=1S/C24H22ClN3O3/c25-22-12-5-4-10-20(22)17-31-21-11-6-9-19(15-21)16-27-28-24(30)23(29)26-14-13-18-7-2-1-3-8-18/h1-12,15-16H,13-14,17H2,(H,26,29)(H,28,30)/b27-16-. The summed E-state index contributed by atoms with van der Waals surface area (Å²) >= 11 is 6.13. The van der Waals surface area contributed by atoms with Crippen LogP contribution in [-0.2, 0) is 22.6 Å². The van der Waals surface area contributed by atoms with E-state index in [1.165, 1.54) is 6.21 Å². The molecule has 0 saturated carbocycles. The quantitative estimate of drug-likeness (QED) is 0.321. The third-order valence-corrected chi connectivity index (χ3v) is 4.71. The van der Waals surface area contributed by atoms with Gasteiger partial charge < -0.3 is 10.1 Å². The number of nitrogens with one attached hydrogen (secondary N) is 2. The zero-order valence-corrected chi connectivity index (χ0v) is 17.5. The van der Waals surface area contributed by atoms with E-state index in [-0.39, 0.29) is 0 Å². The maximum absolute atomic E-state index is 11.9. The van der Waals surface area contributed by atoms with Crippen LogP contribution < -0.4 is 15.5 Å². The van der Waals surface area contributed by atoms with Crippen LogP contribution in [0.15, 0.2) is 84.0 Å². The molecule has 0 heterocycles. The van der Waals surface area contributed by atoms with Gasteiger partial charge in [0.05, 0.1) is 6.21 Å². The highest BCUT2D eigenvalue weighted by Gasteiger charge is 2.11. The Bertz CT molecular complexity index is 1050. The molecule has 31 heavy (non-hydrogen) atoms. The van der Waals surface area contributed by atoms with Crippen molar-refractivity contribution in [2.45, 2.75) is 13.0 Å². The van der Waals surface area contributed by atoms with Crippen LogP contribution in [0.25, 0.3) is 0 Å². The van der Waals surface area contributed by atoms with E-state index in [4.69, 9.17) is 16.3 Å². The summed E-state index contributed by atoms with van der Waals surface area (Å²) in [4.78, 5) is 23.7. The van der Waals surface area contributed by atoms with Crippen molar-refractivity contribution in [1.82, 2.24) is 10.7 Å². The normalized spacial score (nSPS) is 10.6. The summed E-state index contributed by atoms with van der Waals surface area (Å²) in [6, 6.07) is 24.4. The van der Waals surface area contributed by atoms with E-state index in [0.29, 0.717) is 35.9 Å². The topological polar surface area (TPSA) is 79.8 Å². The summed E-state index contributed by atoms with van der Waals surface area (Å²) in [5, 5.41) is 7.05. The highest BCUT2D eigenvalue weighted by Crippen LogP contribution is 2.19. The van der Waals surface area contributed by atoms with Gasteiger partial charge in [-0.15, -0.1) is 0 Å². The summed E-state index contributed by atoms with van der Waals surface area (Å²) in [5.74, 6) is -0.922. The molecular weight excluding hydrogens is 414 g/mol. The number of rotatable bonds is 8. The number of ether oxygens (including phenoxy) is 1. The SMILES string of the molecule is O=C(NCCc1ccccc1)C(=O)N/N=C\c1cccc(OCc2ccccc2Cl)c1. The van der Waals surface area contributed by atoms with Gasteiger partial charge in [-0.2, -0.15) is 5.10 Å². The first-order valence-corrected chi connectivity index (χ1v) is 10.1. The van der Waals surface area contributed by atoms with E-state index in [1.807, 2.05) is 60.7 Å². The maximum atomic E-state index is 11.9. The number of benzene rings is 3. The molecule has 0 aliphatic carbocycles. The van der Waals surface area contributed by atoms with Gasteiger partial charge in [0.2, 0.25) is 0 Å². The smallest absolute Gasteiger partial charge is 0.329 e. The van der Waals surface area contributed by atoms with Gasteiger partial charge in [0.1, 0.15) is 12.4 Å². The molecule has 6 nitrogen and oxygen atoms in total. The second kappa shape index (κ2) is 11.5. The first-order valence-electron chi connectivity index (χ1n) is 9.73. The molecule has 0 bridgehead atoms. The number of hydrogen-bond acceptors (Lipinski definition) is 4. The van der Waals surface area contributed by atoms with Gasteiger partial charge in [0.15, 0.2) is 0 Å². The second-order valence-corrected chi connectivity index (χ2v) is 7.05. The fraction of sp³-hybridized carbons (Fsp3) is 0.125. The highest BCUT2D eigenvalue weighted by atomic mass is 35.5. The average Bonchev–Trinajstić information content (AvgIpc) is 2.79. The van der Waals surface area contributed by atoms with Crippen LogP contribution in [0, 0.1) is 0 Å². The molecule has 2 N–H and O–H groups in total. The van der Waals surface area contributed by atoms with Crippen LogP contribution in [0.3, 0.4) is 0 Å². The van der Waals surface area contributed by atoms with Crippen molar-refractivity contribution >= 4 is 29.6 Å². The van der Waals surface area contributed by atoms with Crippen LogP contribution in [0.2, 0.25) is 5.02 Å². The third kappa shape index (κ3) is 7.28. The van der Waals surface area contributed by atoms with Crippen molar-refractivity contribution in [2.75, 3.05) is 6.54 Å². The van der Waals surface area contributed by atoms with Gasteiger partial charge in [0, 0.05) is 17.1 Å². The summed E-state index contributed by atoms with van der Waals surface area (Å²) in [5.41, 5.74) is 4.90. The van der Waals surface area contributed by atoms with Gasteiger partial charge in [-0.3, -0.25) is 9.59 Å². The Labute approximate surface area is 185 Å². The zero-order valence-electron chi connectivity index (χ0n) is 16.8. The van der Waals surface area contributed by atoms with Gasteiger partial charge >= 0.3 is 11.8 Å². The van der Waals surface area contributed by atoms with Crippen molar-refractivity contribution < 1.29 is 14.3 Å². The molecule has 0 aliphatic rings. The van der Waals surface area contributed by atoms with Crippen LogP contribution >= 0.6 is 11.6 Å². The number of hydrazone groups is 1. The Balaban J connectivity index is 1.44. The minimum absolute atomic E-state index is 0.333. The van der Waals surface area contributed by atoms with Crippen molar-refractivity contribution in [1.29, 1.82) is 0 Å². The second-order valence-electron chi connectivity index (χ2n) is 6.64. The Morgan fingerprint density at radius 2 is 1.71 bits per heavy atom. The largest absolute Gasteiger partial charge is 0.489 e. The minimum Gasteiger partial charge on any atom is -0.489 e. The Hall–Kier alpha value is -3.64. The fourth-order valence-corrected chi connectivity index (χ4v) is 2.91. The molecule has 3 aromatic carbocycles. The van der Waals surface area contributed by atoms with Gasteiger partial charge in [-0.1, -0.05) is 72.3 Å². The minimum atomic E-state index is -0.824. The molecule has 0 saturated heterocycles. The molecule has 3 rings (SSSR count). The van der Waals surface area contributed by atoms with Gasteiger partial charge in [0.25, 0.3) is 0 Å². The lowest BCUT2D eigenvalue weighted by atomic mass is 10.1. The number of hydrogen-bond donors (Lipinski definition) is 2. The molecule has 0 spiro atoms. The Morgan fingerprint density at radius 3 is 2.52 bits per heavy atom. The summed E-state index contributed by atoms with van der Waals surface area (Å²) in [6.07, 6.45) is 2.08. The predicted molar refractivity (Wildman–Crippen MR) is 121 cm³/mol. The van der Waals surface area contributed by atoms with Crippen LogP contribution in [0.1, 0.15) is 16.7 Å². The molecule has 0 unspecified atom stereocenters. The van der Waals surface area contributed by atoms with Gasteiger partial charge in [-0.25, -0.2) is 5.43 Å². The van der Waals surface area contributed by atoms with Crippen LogP contribution in [0.5, 0.6) is 5.75 Å². The lowest BCUT2D eigenvalue weighted by Gasteiger charge is -2.08. The summed E-state index contributed by atoms with van der Waals surface area (Å²) in [7, 11) is 0. The monoisotopic (exact) mass is 435 g/mol. The molecule has 7 heteroatoms. The van der Waals surface area contributed by atoms with Crippen molar-refractivity contribution in [3.8, 4) is 5.75 Å². The maximum Gasteiger partial charge on any atom is 0.329 e. The lowest BCUT2D eigenvalue weighted by molar-refractivity contribution is -0.139. The van der Waals surface area contributed by atoms with Crippen LogP contribution in [0.4, 0.5) is 0 Å². The average molecular weight is 436 g/mol. The van der Waals surface area contributed by atoms with E-state index in [9.17, 15) is 9.59 Å². The van der Waals surface area contributed by atoms with E-state index in [2.05, 4.69) is 15.8 Å². The molecule has 0 aromatic heterocycles. The van der Waals surface area contributed by atoms with E-state index in [0.717, 1.165) is 11.1 Å². The number of carbonyl (C=O) groups excluding carboxylic acids is 2. The van der Waals surface area contributed by atoms with Crippen molar-refractivity contribution in [2.24, 2.45) is 5.10 Å². The summed E-state index contributed by atoms with van der Waals surface area (Å²) < 4.78 is 5.76. The molecule has 0 aliphatic heterocycles. The van der Waals surface area contributed by atoms with E-state index >= 15 is 0 Å². The first-order chi connectivity index (χ1) is 15.1. The lowest BCUT2D eigenvalue weighted by Crippen LogP contribution is -2.38. The van der Waals surface area contributed by atoms with Crippen LogP contribution in [-0.4, -0.2) is 24.6 Å². The first kappa shape index (κ1) is 22.1. The van der Waals surface area contributed by atoms with Crippen molar-refractivity contribution in [3.05, 3.63) is 101 Å². The summed E-state index contributed by atoms with van der Waals surface area (Å²) in [6.45, 7) is 0.699. The zero-order chi connectivity index (χ0) is 21.9. The number of nitrogens with zero attached hydrogens (tertiary/aromatic N) is 1. The Kier molecular flexibility index (Phi) is 8.20. The van der Waals surface area contributed by atoms with Gasteiger partial charge in [-0.05, 0) is 35.7 Å². The number of amides is 2. The molecule has 2 amide bonds. The van der Waals surface area contributed by atoms with E-state index < -0.39 is 11.8 Å². The molecular formula is C24H22ClN3O3. The molecule has 0 radical (unpaired) electrons. The molecule has 0 fully saturated rings. The predicted octanol–water partition coefficient (Wildman–Crippen LogP) is 3.73. The Morgan fingerprint density at radius 1 is 0.935 bits per heavy atom. The number of carbonyl (C=O) groups is 2. The van der Waals surface area contributed by atoms with E-state index in [1.54, 1.807) is 18.2 Å². The molecule has 0 atom stereocenters. The molecule has 3 aromatic rings.